The van der Waals surface area contributed by atoms with Gasteiger partial charge < -0.3 is 9.30 Å². The highest BCUT2D eigenvalue weighted by Crippen LogP contribution is 2.23. The third kappa shape index (κ3) is 3.40. The molecule has 23 heavy (non-hydrogen) atoms. The van der Waals surface area contributed by atoms with Crippen molar-refractivity contribution in [3.05, 3.63) is 71.8 Å². The smallest absolute Gasteiger partial charge is 0.118 e. The number of alkyl halides is 1. The zero-order chi connectivity index (χ0) is 16.2. The Morgan fingerprint density at radius 2 is 1.61 bits per heavy atom. The zero-order valence-electron chi connectivity index (χ0n) is 13.3. The van der Waals surface area contributed by atoms with E-state index in [-0.39, 0.29) is 0 Å². The van der Waals surface area contributed by atoms with Gasteiger partial charge in [-0.3, -0.25) is 0 Å². The molecule has 0 bridgehead atoms. The van der Waals surface area contributed by atoms with Crippen LogP contribution in [-0.4, -0.2) is 16.7 Å². The Labute approximate surface area is 141 Å². The van der Waals surface area contributed by atoms with Crippen LogP contribution in [0.15, 0.2) is 54.9 Å². The van der Waals surface area contributed by atoms with Gasteiger partial charge in [0.25, 0.3) is 0 Å². The van der Waals surface area contributed by atoms with Gasteiger partial charge in [0.2, 0.25) is 0 Å². The van der Waals surface area contributed by atoms with Gasteiger partial charge in [0.05, 0.1) is 30.7 Å². The molecule has 0 aliphatic heterocycles. The molecule has 0 unspecified atom stereocenters. The molecule has 0 N–H and O–H groups in total. The normalized spacial score (nSPS) is 10.7. The number of aryl methyl sites for hydroxylation is 1. The fourth-order valence-electron chi connectivity index (χ4n) is 2.60. The number of nitrogens with zero attached hydrogens (tertiary/aromatic N) is 2. The van der Waals surface area contributed by atoms with Crippen LogP contribution in [0.3, 0.4) is 0 Å². The molecule has 2 aromatic carbocycles. The van der Waals surface area contributed by atoms with Crippen LogP contribution in [-0.2, 0) is 12.4 Å². The van der Waals surface area contributed by atoms with E-state index in [0.717, 1.165) is 23.7 Å². The molecule has 1 heterocycles. The molecular weight excluding hydrogens is 308 g/mol. The van der Waals surface area contributed by atoms with Crippen LogP contribution in [0.1, 0.15) is 17.0 Å². The van der Waals surface area contributed by atoms with E-state index < -0.39 is 0 Å². The van der Waals surface area contributed by atoms with Gasteiger partial charge in [-0.05, 0) is 35.7 Å². The molecule has 4 heteroatoms. The molecule has 3 aromatic rings. The maximum Gasteiger partial charge on any atom is 0.118 e. The van der Waals surface area contributed by atoms with Crippen LogP contribution < -0.4 is 4.74 Å². The van der Waals surface area contributed by atoms with E-state index in [9.17, 15) is 0 Å². The molecule has 0 saturated carbocycles. The molecule has 1 aromatic heterocycles. The second-order valence-electron chi connectivity index (χ2n) is 5.46. The molecule has 0 amide bonds. The van der Waals surface area contributed by atoms with E-state index in [1.165, 1.54) is 16.7 Å². The van der Waals surface area contributed by atoms with Gasteiger partial charge in [-0.25, -0.2) is 4.98 Å². The van der Waals surface area contributed by atoms with E-state index >= 15 is 0 Å². The second-order valence-corrected chi connectivity index (χ2v) is 5.73. The third-order valence-electron chi connectivity index (χ3n) is 4.01. The van der Waals surface area contributed by atoms with Crippen molar-refractivity contribution in [3.63, 3.8) is 0 Å². The van der Waals surface area contributed by atoms with Crippen LogP contribution in [0, 0.1) is 6.92 Å². The van der Waals surface area contributed by atoms with E-state index in [1.807, 2.05) is 25.4 Å². The van der Waals surface area contributed by atoms with E-state index in [2.05, 4.69) is 45.9 Å². The first kappa shape index (κ1) is 15.6. The summed E-state index contributed by atoms with van der Waals surface area (Å²) in [5.41, 5.74) is 5.67. The van der Waals surface area contributed by atoms with Gasteiger partial charge in [0.15, 0.2) is 0 Å². The first-order chi connectivity index (χ1) is 11.2. The lowest BCUT2D eigenvalue weighted by atomic mass is 10.0. The van der Waals surface area contributed by atoms with Crippen molar-refractivity contribution in [2.24, 2.45) is 0 Å². The molecule has 0 atom stereocenters. The molecule has 0 saturated heterocycles. The largest absolute Gasteiger partial charge is 0.497 e. The number of benzene rings is 2. The number of methoxy groups -OCH3 is 1. The van der Waals surface area contributed by atoms with Crippen molar-refractivity contribution in [1.29, 1.82) is 0 Å². The zero-order valence-corrected chi connectivity index (χ0v) is 14.0. The summed E-state index contributed by atoms with van der Waals surface area (Å²) >= 11 is 6.00. The van der Waals surface area contributed by atoms with Crippen LogP contribution in [0.5, 0.6) is 5.75 Å². The summed E-state index contributed by atoms with van der Waals surface area (Å²) in [6.45, 7) is 2.77. The molecule has 0 spiro atoms. The minimum Gasteiger partial charge on any atom is -0.497 e. The van der Waals surface area contributed by atoms with Crippen molar-refractivity contribution in [2.75, 3.05) is 7.11 Å². The van der Waals surface area contributed by atoms with E-state index in [4.69, 9.17) is 16.3 Å². The highest BCUT2D eigenvalue weighted by atomic mass is 35.5. The Bertz CT molecular complexity index is 776. The molecule has 118 valence electrons. The van der Waals surface area contributed by atoms with Gasteiger partial charge in [0, 0.05) is 6.54 Å². The summed E-state index contributed by atoms with van der Waals surface area (Å²) in [4.78, 5) is 4.33. The predicted octanol–water partition coefficient (Wildman–Crippen LogP) is 4.65. The number of halogens is 1. The summed E-state index contributed by atoms with van der Waals surface area (Å²) in [7, 11) is 1.68. The SMILES string of the molecule is COc1ccc(-c2ccc(Cn3cnc(C)c3CCl)cc2)cc1. The molecule has 0 fully saturated rings. The number of hydrogen-bond acceptors (Lipinski definition) is 2. The molecule has 0 aliphatic rings. The summed E-state index contributed by atoms with van der Waals surface area (Å²) in [6, 6.07) is 16.7. The monoisotopic (exact) mass is 326 g/mol. The van der Waals surface area contributed by atoms with Crippen molar-refractivity contribution in [1.82, 2.24) is 9.55 Å². The summed E-state index contributed by atoms with van der Waals surface area (Å²) < 4.78 is 7.30. The quantitative estimate of drug-likeness (QED) is 0.638. The molecule has 3 nitrogen and oxygen atoms in total. The summed E-state index contributed by atoms with van der Waals surface area (Å²) in [5.74, 6) is 1.35. The Balaban J connectivity index is 1.78. The van der Waals surface area contributed by atoms with E-state index in [0.29, 0.717) is 5.88 Å². The fraction of sp³-hybridized carbons (Fsp3) is 0.211. The average molecular weight is 327 g/mol. The number of hydrogen-bond donors (Lipinski definition) is 0. The van der Waals surface area contributed by atoms with Crippen molar-refractivity contribution < 1.29 is 4.74 Å². The summed E-state index contributed by atoms with van der Waals surface area (Å²) in [5, 5.41) is 0. The number of imidazole rings is 1. The van der Waals surface area contributed by atoms with Crippen LogP contribution in [0.4, 0.5) is 0 Å². The number of ether oxygens (including phenoxy) is 1. The van der Waals surface area contributed by atoms with Crippen molar-refractivity contribution >= 4 is 11.6 Å². The Kier molecular flexibility index (Phi) is 4.68. The Morgan fingerprint density at radius 3 is 2.17 bits per heavy atom. The van der Waals surface area contributed by atoms with Crippen LogP contribution in [0.25, 0.3) is 11.1 Å². The second kappa shape index (κ2) is 6.88. The van der Waals surface area contributed by atoms with Crippen molar-refractivity contribution in [3.8, 4) is 16.9 Å². The Morgan fingerprint density at radius 1 is 1.00 bits per heavy atom. The minimum atomic E-state index is 0.482. The molecule has 0 aliphatic carbocycles. The lowest BCUT2D eigenvalue weighted by molar-refractivity contribution is 0.415. The molecule has 3 rings (SSSR count). The summed E-state index contributed by atoms with van der Waals surface area (Å²) in [6.07, 6.45) is 1.85. The lowest BCUT2D eigenvalue weighted by Gasteiger charge is -2.09. The fourth-order valence-corrected chi connectivity index (χ4v) is 2.95. The van der Waals surface area contributed by atoms with E-state index in [1.54, 1.807) is 7.11 Å². The minimum absolute atomic E-state index is 0.482. The highest BCUT2D eigenvalue weighted by Gasteiger charge is 2.06. The van der Waals surface area contributed by atoms with Gasteiger partial charge in [0.1, 0.15) is 5.75 Å². The van der Waals surface area contributed by atoms with Crippen molar-refractivity contribution in [2.45, 2.75) is 19.3 Å². The maximum absolute atomic E-state index is 6.00. The Hall–Kier alpha value is -2.26. The standard InChI is InChI=1S/C19H19ClN2O/c1-14-19(11-20)22(13-21-14)12-15-3-5-16(6-4-15)17-7-9-18(23-2)10-8-17/h3-10,13H,11-12H2,1-2H3. The van der Waals surface area contributed by atoms with Gasteiger partial charge in [-0.2, -0.15) is 0 Å². The molecule has 0 radical (unpaired) electrons. The van der Waals surface area contributed by atoms with Crippen LogP contribution >= 0.6 is 11.6 Å². The lowest BCUT2D eigenvalue weighted by Crippen LogP contribution is -2.02. The predicted molar refractivity (Wildman–Crippen MR) is 94.1 cm³/mol. The number of rotatable bonds is 5. The first-order valence-electron chi connectivity index (χ1n) is 7.51. The first-order valence-corrected chi connectivity index (χ1v) is 8.04. The average Bonchev–Trinajstić information content (AvgIpc) is 2.95. The molecular formula is C19H19ClN2O. The van der Waals surface area contributed by atoms with Gasteiger partial charge in [-0.15, -0.1) is 11.6 Å². The third-order valence-corrected chi connectivity index (χ3v) is 4.27. The van der Waals surface area contributed by atoms with Gasteiger partial charge >= 0.3 is 0 Å². The highest BCUT2D eigenvalue weighted by molar-refractivity contribution is 6.17. The van der Waals surface area contributed by atoms with Crippen LogP contribution in [0.2, 0.25) is 0 Å². The topological polar surface area (TPSA) is 27.1 Å². The maximum atomic E-state index is 6.00. The number of aromatic nitrogens is 2. The van der Waals surface area contributed by atoms with Gasteiger partial charge in [-0.1, -0.05) is 36.4 Å².